The fourth-order valence-electron chi connectivity index (χ4n) is 2.91. The number of carbonyl (C=O) groups excluding carboxylic acids is 2. The molecule has 2 aliphatic heterocycles. The summed E-state index contributed by atoms with van der Waals surface area (Å²) in [6.45, 7) is 4.28. The Hall–Kier alpha value is -2.24. The van der Waals surface area contributed by atoms with Gasteiger partial charge in [-0.15, -0.1) is 0 Å². The first-order valence-electron chi connectivity index (χ1n) is 8.14. The van der Waals surface area contributed by atoms with Crippen molar-refractivity contribution >= 4 is 11.8 Å². The van der Waals surface area contributed by atoms with Crippen LogP contribution >= 0.6 is 0 Å². The lowest BCUT2D eigenvalue weighted by molar-refractivity contribution is -0.133. The molecule has 1 aromatic rings. The molecule has 0 spiro atoms. The standard InChI is InChI=1S/C17H22N2O4/c1-12(17(21)19-7-3-2-4-8-19)18-16(20)13-5-6-14-15(11-13)23-10-9-22-14/h5-6,11-12H,2-4,7-10H2,1H3,(H,18,20). The van der Waals surface area contributed by atoms with Gasteiger partial charge in [0.05, 0.1) is 0 Å². The summed E-state index contributed by atoms with van der Waals surface area (Å²) < 4.78 is 10.9. The summed E-state index contributed by atoms with van der Waals surface area (Å²) in [7, 11) is 0. The molecule has 23 heavy (non-hydrogen) atoms. The lowest BCUT2D eigenvalue weighted by Crippen LogP contribution is -2.48. The molecule has 2 heterocycles. The minimum atomic E-state index is -0.534. The Morgan fingerprint density at radius 3 is 2.52 bits per heavy atom. The van der Waals surface area contributed by atoms with Crippen molar-refractivity contribution in [3.8, 4) is 11.5 Å². The van der Waals surface area contributed by atoms with Gasteiger partial charge in [-0.1, -0.05) is 0 Å². The number of amides is 2. The van der Waals surface area contributed by atoms with Gasteiger partial charge in [0.25, 0.3) is 5.91 Å². The third-order valence-corrected chi connectivity index (χ3v) is 4.19. The number of fused-ring (bicyclic) bond motifs is 1. The highest BCUT2D eigenvalue weighted by Gasteiger charge is 2.24. The molecule has 2 aliphatic rings. The highest BCUT2D eigenvalue weighted by Crippen LogP contribution is 2.30. The Morgan fingerprint density at radius 1 is 1.09 bits per heavy atom. The number of nitrogens with one attached hydrogen (secondary N) is 1. The van der Waals surface area contributed by atoms with E-state index >= 15 is 0 Å². The fourth-order valence-corrected chi connectivity index (χ4v) is 2.91. The van der Waals surface area contributed by atoms with Crippen molar-refractivity contribution in [2.24, 2.45) is 0 Å². The van der Waals surface area contributed by atoms with Gasteiger partial charge in [0.2, 0.25) is 5.91 Å². The molecule has 1 fully saturated rings. The second-order valence-electron chi connectivity index (χ2n) is 5.94. The number of benzene rings is 1. The van der Waals surface area contributed by atoms with Gasteiger partial charge in [-0.05, 0) is 44.4 Å². The van der Waals surface area contributed by atoms with Gasteiger partial charge in [0.15, 0.2) is 11.5 Å². The summed E-state index contributed by atoms with van der Waals surface area (Å²) in [6.07, 6.45) is 3.24. The Bertz CT molecular complexity index is 596. The number of hydrogen-bond acceptors (Lipinski definition) is 4. The first-order chi connectivity index (χ1) is 11.1. The molecule has 3 rings (SSSR count). The van der Waals surface area contributed by atoms with Crippen molar-refractivity contribution in [2.45, 2.75) is 32.2 Å². The first-order valence-corrected chi connectivity index (χ1v) is 8.14. The molecule has 0 aliphatic carbocycles. The van der Waals surface area contributed by atoms with Crippen LogP contribution in [0.5, 0.6) is 11.5 Å². The van der Waals surface area contributed by atoms with Crippen molar-refractivity contribution in [1.29, 1.82) is 0 Å². The van der Waals surface area contributed by atoms with Crippen molar-refractivity contribution in [1.82, 2.24) is 10.2 Å². The highest BCUT2D eigenvalue weighted by molar-refractivity contribution is 5.98. The van der Waals surface area contributed by atoms with E-state index in [-0.39, 0.29) is 11.8 Å². The Balaban J connectivity index is 1.62. The normalized spacial score (nSPS) is 18.2. The van der Waals surface area contributed by atoms with E-state index in [0.29, 0.717) is 30.3 Å². The molecule has 0 saturated carbocycles. The molecule has 1 atom stereocenters. The van der Waals surface area contributed by atoms with E-state index in [1.807, 2.05) is 4.90 Å². The van der Waals surface area contributed by atoms with Crippen LogP contribution in [0.4, 0.5) is 0 Å². The third-order valence-electron chi connectivity index (χ3n) is 4.19. The Morgan fingerprint density at radius 2 is 1.78 bits per heavy atom. The molecular weight excluding hydrogens is 296 g/mol. The zero-order valence-electron chi connectivity index (χ0n) is 13.3. The second-order valence-corrected chi connectivity index (χ2v) is 5.94. The van der Waals surface area contributed by atoms with Crippen molar-refractivity contribution < 1.29 is 19.1 Å². The molecule has 0 radical (unpaired) electrons. The maximum Gasteiger partial charge on any atom is 0.252 e. The van der Waals surface area contributed by atoms with Gasteiger partial charge in [0.1, 0.15) is 19.3 Å². The summed E-state index contributed by atoms with van der Waals surface area (Å²) in [5.41, 5.74) is 0.465. The maximum atomic E-state index is 12.4. The van der Waals surface area contributed by atoms with Gasteiger partial charge >= 0.3 is 0 Å². The summed E-state index contributed by atoms with van der Waals surface area (Å²) in [5, 5.41) is 2.77. The monoisotopic (exact) mass is 318 g/mol. The number of rotatable bonds is 3. The number of piperidine rings is 1. The van der Waals surface area contributed by atoms with Crippen LogP contribution < -0.4 is 14.8 Å². The minimum absolute atomic E-state index is 0.0180. The predicted octanol–water partition coefficient (Wildman–Crippen LogP) is 1.59. The maximum absolute atomic E-state index is 12.4. The Kier molecular flexibility index (Phi) is 4.69. The van der Waals surface area contributed by atoms with E-state index in [1.54, 1.807) is 25.1 Å². The van der Waals surface area contributed by atoms with E-state index < -0.39 is 6.04 Å². The van der Waals surface area contributed by atoms with E-state index in [9.17, 15) is 9.59 Å². The molecule has 2 amide bonds. The number of carbonyl (C=O) groups is 2. The SMILES string of the molecule is CC(NC(=O)c1ccc2c(c1)OCCO2)C(=O)N1CCCCC1. The third kappa shape index (κ3) is 3.57. The lowest BCUT2D eigenvalue weighted by atomic mass is 10.1. The fraction of sp³-hybridized carbons (Fsp3) is 0.529. The predicted molar refractivity (Wildman–Crippen MR) is 84.8 cm³/mol. The number of ether oxygens (including phenoxy) is 2. The molecule has 0 aromatic heterocycles. The van der Waals surface area contributed by atoms with Gasteiger partial charge < -0.3 is 19.7 Å². The van der Waals surface area contributed by atoms with Crippen LogP contribution in [0.1, 0.15) is 36.5 Å². The second kappa shape index (κ2) is 6.89. The molecule has 6 heteroatoms. The zero-order chi connectivity index (χ0) is 16.2. The topological polar surface area (TPSA) is 67.9 Å². The molecule has 1 unspecified atom stereocenters. The van der Waals surface area contributed by atoms with Gasteiger partial charge in [0, 0.05) is 18.7 Å². The van der Waals surface area contributed by atoms with Crippen molar-refractivity contribution in [2.75, 3.05) is 26.3 Å². The van der Waals surface area contributed by atoms with Crippen LogP contribution in [0.15, 0.2) is 18.2 Å². The molecule has 0 bridgehead atoms. The van der Waals surface area contributed by atoms with Crippen LogP contribution in [-0.4, -0.2) is 49.1 Å². The van der Waals surface area contributed by atoms with Gasteiger partial charge in [-0.3, -0.25) is 9.59 Å². The first kappa shape index (κ1) is 15.6. The minimum Gasteiger partial charge on any atom is -0.486 e. The lowest BCUT2D eigenvalue weighted by Gasteiger charge is -2.29. The van der Waals surface area contributed by atoms with E-state index in [4.69, 9.17) is 9.47 Å². The summed E-state index contributed by atoms with van der Waals surface area (Å²) in [6, 6.07) is 4.53. The summed E-state index contributed by atoms with van der Waals surface area (Å²) in [4.78, 5) is 26.5. The van der Waals surface area contributed by atoms with Crippen LogP contribution in [0.2, 0.25) is 0 Å². The molecule has 1 saturated heterocycles. The molecule has 1 aromatic carbocycles. The van der Waals surface area contributed by atoms with Crippen LogP contribution in [0.3, 0.4) is 0 Å². The quantitative estimate of drug-likeness (QED) is 0.919. The van der Waals surface area contributed by atoms with Gasteiger partial charge in [-0.2, -0.15) is 0 Å². The number of nitrogens with zero attached hydrogens (tertiary/aromatic N) is 1. The van der Waals surface area contributed by atoms with Crippen molar-refractivity contribution in [3.05, 3.63) is 23.8 Å². The van der Waals surface area contributed by atoms with Crippen LogP contribution in [0, 0.1) is 0 Å². The molecular formula is C17H22N2O4. The van der Waals surface area contributed by atoms with E-state index in [0.717, 1.165) is 25.9 Å². The summed E-state index contributed by atoms with van der Waals surface area (Å²) >= 11 is 0. The highest BCUT2D eigenvalue weighted by atomic mass is 16.6. The zero-order valence-corrected chi connectivity index (χ0v) is 13.3. The number of likely N-dealkylation sites (tertiary alicyclic amines) is 1. The number of hydrogen-bond donors (Lipinski definition) is 1. The average molecular weight is 318 g/mol. The van der Waals surface area contributed by atoms with E-state index in [1.165, 1.54) is 6.42 Å². The average Bonchev–Trinajstić information content (AvgIpc) is 2.61. The van der Waals surface area contributed by atoms with Crippen LogP contribution in [-0.2, 0) is 4.79 Å². The molecule has 124 valence electrons. The van der Waals surface area contributed by atoms with Gasteiger partial charge in [-0.25, -0.2) is 0 Å². The molecule has 6 nitrogen and oxygen atoms in total. The smallest absolute Gasteiger partial charge is 0.252 e. The summed E-state index contributed by atoms with van der Waals surface area (Å²) in [5.74, 6) is 0.916. The van der Waals surface area contributed by atoms with E-state index in [2.05, 4.69) is 5.32 Å². The van der Waals surface area contributed by atoms with Crippen molar-refractivity contribution in [3.63, 3.8) is 0 Å². The Labute approximate surface area is 135 Å². The largest absolute Gasteiger partial charge is 0.486 e. The van der Waals surface area contributed by atoms with Crippen LogP contribution in [0.25, 0.3) is 0 Å². The molecule has 1 N–H and O–H groups in total.